The van der Waals surface area contributed by atoms with Crippen molar-refractivity contribution in [3.63, 3.8) is 0 Å². The minimum absolute atomic E-state index is 0.161. The second-order valence-electron chi connectivity index (χ2n) is 3.93. The molecule has 1 heterocycles. The molecule has 5 nitrogen and oxygen atoms in total. The predicted octanol–water partition coefficient (Wildman–Crippen LogP) is 1.91. The van der Waals surface area contributed by atoms with E-state index in [4.69, 9.17) is 5.73 Å². The molecule has 0 spiro atoms. The molecule has 2 rings (SSSR count). The Morgan fingerprint density at radius 2 is 2.05 bits per heavy atom. The van der Waals surface area contributed by atoms with Gasteiger partial charge in [0.1, 0.15) is 10.7 Å². The largest absolute Gasteiger partial charge is 0.399 e. The van der Waals surface area contributed by atoms with Crippen molar-refractivity contribution in [2.24, 2.45) is 0 Å². The van der Waals surface area contributed by atoms with Crippen LogP contribution in [-0.2, 0) is 10.0 Å². The van der Waals surface area contributed by atoms with E-state index < -0.39 is 20.7 Å². The number of anilines is 2. The molecule has 1 aromatic carbocycles. The first kappa shape index (κ1) is 13.3. The fourth-order valence-electron chi connectivity index (χ4n) is 1.53. The van der Waals surface area contributed by atoms with Crippen LogP contribution in [0.4, 0.5) is 15.8 Å². The van der Waals surface area contributed by atoms with Crippen molar-refractivity contribution < 1.29 is 12.8 Å². The normalized spacial score (nSPS) is 11.3. The highest BCUT2D eigenvalue weighted by atomic mass is 32.2. The first-order chi connectivity index (χ1) is 8.90. The van der Waals surface area contributed by atoms with Crippen molar-refractivity contribution in [1.82, 2.24) is 4.98 Å². The summed E-state index contributed by atoms with van der Waals surface area (Å²) in [5.41, 5.74) is 6.35. The number of hydrogen-bond acceptors (Lipinski definition) is 4. The van der Waals surface area contributed by atoms with Crippen LogP contribution >= 0.6 is 0 Å². The van der Waals surface area contributed by atoms with Crippen LogP contribution in [0.3, 0.4) is 0 Å². The summed E-state index contributed by atoms with van der Waals surface area (Å²) < 4.78 is 40.1. The molecule has 0 unspecified atom stereocenters. The zero-order chi connectivity index (χ0) is 14.0. The molecule has 3 N–H and O–H groups in total. The number of benzene rings is 1. The Morgan fingerprint density at radius 3 is 2.68 bits per heavy atom. The van der Waals surface area contributed by atoms with Gasteiger partial charge in [0.05, 0.1) is 11.4 Å². The molecule has 0 fully saturated rings. The molecule has 0 radical (unpaired) electrons. The number of hydrogen-bond donors (Lipinski definition) is 2. The average molecular weight is 281 g/mol. The molecule has 2 aromatic rings. The van der Waals surface area contributed by atoms with E-state index in [0.717, 1.165) is 12.1 Å². The van der Waals surface area contributed by atoms with E-state index >= 15 is 0 Å². The van der Waals surface area contributed by atoms with E-state index in [2.05, 4.69) is 9.71 Å². The van der Waals surface area contributed by atoms with E-state index in [1.54, 1.807) is 19.1 Å². The molecule has 100 valence electrons. The number of rotatable bonds is 3. The Labute approximate surface area is 110 Å². The molecular formula is C12H12FN3O2S. The van der Waals surface area contributed by atoms with Crippen LogP contribution in [-0.4, -0.2) is 13.4 Å². The number of aromatic nitrogens is 1. The molecule has 0 bridgehead atoms. The van der Waals surface area contributed by atoms with Crippen LogP contribution in [0.25, 0.3) is 0 Å². The summed E-state index contributed by atoms with van der Waals surface area (Å²) in [6, 6.07) is 6.55. The van der Waals surface area contributed by atoms with Crippen molar-refractivity contribution in [3.8, 4) is 0 Å². The van der Waals surface area contributed by atoms with Gasteiger partial charge in [-0.25, -0.2) is 12.8 Å². The first-order valence-corrected chi connectivity index (χ1v) is 6.88. The Hall–Kier alpha value is -2.15. The Bertz CT molecular complexity index is 717. The summed E-state index contributed by atoms with van der Waals surface area (Å²) in [4.78, 5) is 3.50. The zero-order valence-electron chi connectivity index (χ0n) is 10.1. The lowest BCUT2D eigenvalue weighted by Gasteiger charge is -2.10. The fourth-order valence-corrected chi connectivity index (χ4v) is 2.70. The summed E-state index contributed by atoms with van der Waals surface area (Å²) >= 11 is 0. The first-order valence-electron chi connectivity index (χ1n) is 5.39. The Kier molecular flexibility index (Phi) is 3.39. The molecule has 0 atom stereocenters. The van der Waals surface area contributed by atoms with Gasteiger partial charge in [0.2, 0.25) is 0 Å². The second-order valence-corrected chi connectivity index (χ2v) is 5.58. The number of nitrogens with one attached hydrogen (secondary N) is 1. The second kappa shape index (κ2) is 4.85. The van der Waals surface area contributed by atoms with Gasteiger partial charge in [-0.05, 0) is 37.3 Å². The lowest BCUT2D eigenvalue weighted by molar-refractivity contribution is 0.571. The van der Waals surface area contributed by atoms with Crippen molar-refractivity contribution in [3.05, 3.63) is 48.0 Å². The SMILES string of the molecule is Cc1ncccc1NS(=O)(=O)c1ccc(N)cc1F. The molecule has 0 aliphatic carbocycles. The van der Waals surface area contributed by atoms with Crippen LogP contribution in [0.15, 0.2) is 41.4 Å². The molecule has 0 saturated carbocycles. The minimum Gasteiger partial charge on any atom is -0.399 e. The molecule has 0 aliphatic heterocycles. The molecular weight excluding hydrogens is 269 g/mol. The third-order valence-electron chi connectivity index (χ3n) is 2.50. The van der Waals surface area contributed by atoms with Crippen LogP contribution in [0.1, 0.15) is 5.69 Å². The van der Waals surface area contributed by atoms with E-state index in [9.17, 15) is 12.8 Å². The summed E-state index contributed by atoms with van der Waals surface area (Å²) in [7, 11) is -4.00. The Balaban J connectivity index is 2.41. The number of sulfonamides is 1. The van der Waals surface area contributed by atoms with Crippen molar-refractivity contribution in [1.29, 1.82) is 0 Å². The van der Waals surface area contributed by atoms with Crippen LogP contribution < -0.4 is 10.5 Å². The van der Waals surface area contributed by atoms with E-state index in [1.807, 2.05) is 0 Å². The summed E-state index contributed by atoms with van der Waals surface area (Å²) in [6.07, 6.45) is 1.54. The highest BCUT2D eigenvalue weighted by Gasteiger charge is 2.20. The van der Waals surface area contributed by atoms with Gasteiger partial charge < -0.3 is 5.73 Å². The maximum absolute atomic E-state index is 13.6. The molecule has 0 amide bonds. The van der Waals surface area contributed by atoms with Gasteiger partial charge in [0, 0.05) is 11.9 Å². The maximum atomic E-state index is 13.6. The fraction of sp³-hybridized carbons (Fsp3) is 0.0833. The molecule has 0 saturated heterocycles. The highest BCUT2D eigenvalue weighted by Crippen LogP contribution is 2.21. The van der Waals surface area contributed by atoms with Crippen molar-refractivity contribution >= 4 is 21.4 Å². The molecule has 7 heteroatoms. The maximum Gasteiger partial charge on any atom is 0.264 e. The van der Waals surface area contributed by atoms with E-state index in [1.165, 1.54) is 12.3 Å². The van der Waals surface area contributed by atoms with Gasteiger partial charge in [-0.15, -0.1) is 0 Å². The quantitative estimate of drug-likeness (QED) is 0.842. The molecule has 0 aliphatic rings. The topological polar surface area (TPSA) is 85.1 Å². The monoisotopic (exact) mass is 281 g/mol. The standard InChI is InChI=1S/C12H12FN3O2S/c1-8-11(3-2-6-15-8)16-19(17,18)12-5-4-9(14)7-10(12)13/h2-7,16H,14H2,1H3. The number of halogens is 1. The van der Waals surface area contributed by atoms with E-state index in [0.29, 0.717) is 11.4 Å². The van der Waals surface area contributed by atoms with Crippen molar-refractivity contribution in [2.45, 2.75) is 11.8 Å². The number of nitrogen functional groups attached to an aromatic ring is 1. The lowest BCUT2D eigenvalue weighted by atomic mass is 10.3. The third kappa shape index (κ3) is 2.82. The highest BCUT2D eigenvalue weighted by molar-refractivity contribution is 7.92. The third-order valence-corrected chi connectivity index (χ3v) is 3.90. The average Bonchev–Trinajstić information content (AvgIpc) is 2.31. The number of pyridine rings is 1. The zero-order valence-corrected chi connectivity index (χ0v) is 10.9. The molecule has 19 heavy (non-hydrogen) atoms. The van der Waals surface area contributed by atoms with Gasteiger partial charge in [-0.3, -0.25) is 9.71 Å². The smallest absolute Gasteiger partial charge is 0.264 e. The lowest BCUT2D eigenvalue weighted by Crippen LogP contribution is -2.15. The number of nitrogens with two attached hydrogens (primary N) is 1. The number of nitrogens with zero attached hydrogens (tertiary/aromatic N) is 1. The van der Waals surface area contributed by atoms with Crippen LogP contribution in [0, 0.1) is 12.7 Å². The van der Waals surface area contributed by atoms with Gasteiger partial charge in [0.25, 0.3) is 10.0 Å². The van der Waals surface area contributed by atoms with Crippen LogP contribution in [0.5, 0.6) is 0 Å². The van der Waals surface area contributed by atoms with Gasteiger partial charge in [-0.1, -0.05) is 0 Å². The van der Waals surface area contributed by atoms with Gasteiger partial charge >= 0.3 is 0 Å². The number of aryl methyl sites for hydroxylation is 1. The van der Waals surface area contributed by atoms with E-state index in [-0.39, 0.29) is 5.69 Å². The Morgan fingerprint density at radius 1 is 1.32 bits per heavy atom. The van der Waals surface area contributed by atoms with Gasteiger partial charge in [0.15, 0.2) is 0 Å². The predicted molar refractivity (Wildman–Crippen MR) is 70.6 cm³/mol. The summed E-state index contributed by atoms with van der Waals surface area (Å²) in [6.45, 7) is 1.65. The molecule has 1 aromatic heterocycles. The minimum atomic E-state index is -4.00. The van der Waals surface area contributed by atoms with Crippen molar-refractivity contribution in [2.75, 3.05) is 10.5 Å². The van der Waals surface area contributed by atoms with Gasteiger partial charge in [-0.2, -0.15) is 0 Å². The van der Waals surface area contributed by atoms with Crippen LogP contribution in [0.2, 0.25) is 0 Å². The summed E-state index contributed by atoms with van der Waals surface area (Å²) in [5.74, 6) is -0.894. The summed E-state index contributed by atoms with van der Waals surface area (Å²) in [5, 5.41) is 0.